The lowest BCUT2D eigenvalue weighted by Crippen LogP contribution is -2.39. The van der Waals surface area contributed by atoms with Gasteiger partial charge in [0, 0.05) is 12.0 Å². The predicted octanol–water partition coefficient (Wildman–Crippen LogP) is 1.43. The summed E-state index contributed by atoms with van der Waals surface area (Å²) in [5, 5.41) is 9.26. The van der Waals surface area contributed by atoms with Crippen LogP contribution in [-0.4, -0.2) is 23.2 Å². The first-order valence-corrected chi connectivity index (χ1v) is 6.37. The summed E-state index contributed by atoms with van der Waals surface area (Å²) in [7, 11) is 0. The summed E-state index contributed by atoms with van der Waals surface area (Å²) >= 11 is 0. The number of carbonyl (C=O) groups is 1. The molecule has 0 saturated carbocycles. The predicted molar refractivity (Wildman–Crippen MR) is 70.0 cm³/mol. The van der Waals surface area contributed by atoms with E-state index < -0.39 is 12.0 Å². The van der Waals surface area contributed by atoms with Crippen molar-refractivity contribution < 1.29 is 9.90 Å². The second-order valence-corrected chi connectivity index (χ2v) is 5.23. The zero-order chi connectivity index (χ0) is 13.1. The van der Waals surface area contributed by atoms with E-state index in [9.17, 15) is 9.90 Å². The van der Waals surface area contributed by atoms with Crippen molar-refractivity contribution in [3.63, 3.8) is 0 Å². The van der Waals surface area contributed by atoms with Crippen LogP contribution in [0.5, 0.6) is 0 Å². The van der Waals surface area contributed by atoms with E-state index in [1.54, 1.807) is 0 Å². The Morgan fingerprint density at radius 3 is 2.50 bits per heavy atom. The highest BCUT2D eigenvalue weighted by Crippen LogP contribution is 2.25. The Balaban J connectivity index is 2.16. The fourth-order valence-electron chi connectivity index (χ4n) is 2.64. The van der Waals surface area contributed by atoms with Crippen LogP contribution in [0.25, 0.3) is 0 Å². The number of hydrogen-bond donors (Lipinski definition) is 3. The quantitative estimate of drug-likeness (QED) is 0.754. The lowest BCUT2D eigenvalue weighted by molar-refractivity contribution is -0.140. The first-order chi connectivity index (χ1) is 8.59. The zero-order valence-corrected chi connectivity index (χ0v) is 10.8. The molecule has 0 bridgehead atoms. The van der Waals surface area contributed by atoms with Gasteiger partial charge in [0.2, 0.25) is 0 Å². The van der Waals surface area contributed by atoms with Crippen LogP contribution in [0.1, 0.15) is 19.4 Å². The average molecular weight is 248 g/mol. The third kappa shape index (κ3) is 2.71. The van der Waals surface area contributed by atoms with Crippen LogP contribution >= 0.6 is 0 Å². The van der Waals surface area contributed by atoms with Crippen molar-refractivity contribution in [3.8, 4) is 0 Å². The zero-order valence-electron chi connectivity index (χ0n) is 10.8. The molecule has 0 aromatic heterocycles. The van der Waals surface area contributed by atoms with Gasteiger partial charge in [0.1, 0.15) is 6.04 Å². The second-order valence-electron chi connectivity index (χ2n) is 5.23. The van der Waals surface area contributed by atoms with E-state index in [1.165, 1.54) is 5.56 Å². The maximum Gasteiger partial charge on any atom is 0.322 e. The van der Waals surface area contributed by atoms with E-state index in [0.29, 0.717) is 5.92 Å². The normalized spacial score (nSPS) is 27.6. The smallest absolute Gasteiger partial charge is 0.322 e. The minimum Gasteiger partial charge on any atom is -0.480 e. The summed E-state index contributed by atoms with van der Waals surface area (Å²) in [6.07, 6.45) is 0.778. The van der Waals surface area contributed by atoms with Crippen molar-refractivity contribution >= 4 is 5.97 Å². The van der Waals surface area contributed by atoms with Crippen LogP contribution in [0.3, 0.4) is 0 Å². The largest absolute Gasteiger partial charge is 0.480 e. The third-order valence-electron chi connectivity index (χ3n) is 3.59. The van der Waals surface area contributed by atoms with Gasteiger partial charge in [-0.3, -0.25) is 10.2 Å². The maximum absolute atomic E-state index is 11.3. The molecular formula is C14H20N2O2. The minimum absolute atomic E-state index is 0.0740. The van der Waals surface area contributed by atoms with Crippen LogP contribution in [0, 0.1) is 11.8 Å². The highest BCUT2D eigenvalue weighted by molar-refractivity contribution is 5.74. The number of nitrogens with one attached hydrogen (secondary N) is 2. The molecule has 0 amide bonds. The van der Waals surface area contributed by atoms with Crippen LogP contribution in [0.15, 0.2) is 30.3 Å². The standard InChI is InChI=1S/C14H20N2O2/c1-9(2)12-11(13(14(17)18)16-15-12)8-10-6-4-3-5-7-10/h3-7,9,11-13,15-16H,8H2,1-2H3,(H,17,18). The lowest BCUT2D eigenvalue weighted by Gasteiger charge is -2.23. The Kier molecular flexibility index (Phi) is 3.99. The Labute approximate surface area is 107 Å². The van der Waals surface area contributed by atoms with Crippen LogP contribution in [0.2, 0.25) is 0 Å². The summed E-state index contributed by atoms with van der Waals surface area (Å²) in [5.41, 5.74) is 7.22. The molecule has 1 aromatic carbocycles. The van der Waals surface area contributed by atoms with Crippen molar-refractivity contribution in [1.82, 2.24) is 10.9 Å². The van der Waals surface area contributed by atoms with Gasteiger partial charge in [-0.1, -0.05) is 44.2 Å². The summed E-state index contributed by atoms with van der Waals surface area (Å²) in [6, 6.07) is 9.73. The number of aliphatic carboxylic acids is 1. The minimum atomic E-state index is -0.786. The Bertz CT molecular complexity index is 406. The van der Waals surface area contributed by atoms with E-state index in [2.05, 4.69) is 36.8 Å². The molecule has 0 radical (unpaired) electrons. The molecular weight excluding hydrogens is 228 g/mol. The molecule has 0 spiro atoms. The van der Waals surface area contributed by atoms with E-state index in [1.807, 2.05) is 18.2 Å². The number of rotatable bonds is 4. The van der Waals surface area contributed by atoms with Crippen molar-refractivity contribution in [3.05, 3.63) is 35.9 Å². The van der Waals surface area contributed by atoms with Crippen LogP contribution < -0.4 is 10.9 Å². The summed E-state index contributed by atoms with van der Waals surface area (Å²) < 4.78 is 0. The molecule has 1 fully saturated rings. The van der Waals surface area contributed by atoms with Crippen molar-refractivity contribution in [2.45, 2.75) is 32.4 Å². The van der Waals surface area contributed by atoms with Gasteiger partial charge >= 0.3 is 5.97 Å². The molecule has 98 valence electrons. The van der Waals surface area contributed by atoms with Crippen LogP contribution in [0.4, 0.5) is 0 Å². The van der Waals surface area contributed by atoms with Gasteiger partial charge in [0.05, 0.1) is 0 Å². The fraction of sp³-hybridized carbons (Fsp3) is 0.500. The summed E-state index contributed by atoms with van der Waals surface area (Å²) in [6.45, 7) is 4.23. The molecule has 1 aromatic rings. The second kappa shape index (κ2) is 5.50. The van der Waals surface area contributed by atoms with Gasteiger partial charge in [0.15, 0.2) is 0 Å². The van der Waals surface area contributed by atoms with Gasteiger partial charge in [-0.2, -0.15) is 0 Å². The number of hydrazine groups is 1. The van der Waals surface area contributed by atoms with E-state index >= 15 is 0 Å². The highest BCUT2D eigenvalue weighted by atomic mass is 16.4. The summed E-state index contributed by atoms with van der Waals surface area (Å²) in [4.78, 5) is 11.3. The van der Waals surface area contributed by atoms with Gasteiger partial charge in [-0.15, -0.1) is 0 Å². The molecule has 3 unspecified atom stereocenters. The third-order valence-corrected chi connectivity index (χ3v) is 3.59. The van der Waals surface area contributed by atoms with Gasteiger partial charge in [-0.05, 0) is 17.9 Å². The van der Waals surface area contributed by atoms with Gasteiger partial charge in [-0.25, -0.2) is 5.43 Å². The SMILES string of the molecule is CC(C)C1NNC(C(=O)O)C1Cc1ccccc1. The molecule has 18 heavy (non-hydrogen) atoms. The molecule has 1 aliphatic heterocycles. The molecule has 3 atom stereocenters. The summed E-state index contributed by atoms with van der Waals surface area (Å²) in [5.74, 6) is -0.313. The Morgan fingerprint density at radius 1 is 1.28 bits per heavy atom. The average Bonchev–Trinajstić information content (AvgIpc) is 2.74. The molecule has 0 aliphatic carbocycles. The number of hydrogen-bond acceptors (Lipinski definition) is 3. The monoisotopic (exact) mass is 248 g/mol. The first kappa shape index (κ1) is 13.1. The molecule has 2 rings (SSSR count). The van der Waals surface area contributed by atoms with E-state index in [-0.39, 0.29) is 12.0 Å². The fourth-order valence-corrected chi connectivity index (χ4v) is 2.64. The van der Waals surface area contributed by atoms with Crippen molar-refractivity contribution in [2.75, 3.05) is 0 Å². The van der Waals surface area contributed by atoms with Crippen LogP contribution in [-0.2, 0) is 11.2 Å². The molecule has 3 N–H and O–H groups in total. The molecule has 4 nitrogen and oxygen atoms in total. The highest BCUT2D eigenvalue weighted by Gasteiger charge is 2.41. The number of carboxylic acid groups (broad SMARTS) is 1. The van der Waals surface area contributed by atoms with Gasteiger partial charge < -0.3 is 5.11 Å². The van der Waals surface area contributed by atoms with Crippen molar-refractivity contribution in [2.24, 2.45) is 11.8 Å². The Morgan fingerprint density at radius 2 is 1.94 bits per heavy atom. The van der Waals surface area contributed by atoms with E-state index in [4.69, 9.17) is 0 Å². The topological polar surface area (TPSA) is 61.4 Å². The molecule has 1 saturated heterocycles. The number of carboxylic acids is 1. The van der Waals surface area contributed by atoms with Gasteiger partial charge in [0.25, 0.3) is 0 Å². The molecule has 1 heterocycles. The van der Waals surface area contributed by atoms with Crippen molar-refractivity contribution in [1.29, 1.82) is 0 Å². The Hall–Kier alpha value is -1.39. The van der Waals surface area contributed by atoms with E-state index in [0.717, 1.165) is 6.42 Å². The maximum atomic E-state index is 11.3. The lowest BCUT2D eigenvalue weighted by atomic mass is 9.83. The first-order valence-electron chi connectivity index (χ1n) is 6.37. The molecule has 4 heteroatoms. The molecule has 1 aliphatic rings. The number of benzene rings is 1.